The summed E-state index contributed by atoms with van der Waals surface area (Å²) in [5.74, 6) is 0.704. The molecule has 0 radical (unpaired) electrons. The Morgan fingerprint density at radius 1 is 1.04 bits per heavy atom. The lowest BCUT2D eigenvalue weighted by atomic mass is 10.2. The summed E-state index contributed by atoms with van der Waals surface area (Å²) in [5.41, 5.74) is 1.34. The third-order valence-corrected chi connectivity index (χ3v) is 5.16. The number of carbonyl (C=O) groups is 1. The molecule has 0 unspecified atom stereocenters. The molecular weight excluding hydrogens is 352 g/mol. The summed E-state index contributed by atoms with van der Waals surface area (Å²) < 4.78 is 32.0. The molecular formula is C19H24N2O4S. The molecule has 0 heterocycles. The summed E-state index contributed by atoms with van der Waals surface area (Å²) in [4.78, 5) is 12.4. The quantitative estimate of drug-likeness (QED) is 0.742. The fourth-order valence-electron chi connectivity index (χ4n) is 2.17. The van der Waals surface area contributed by atoms with Gasteiger partial charge in [0, 0.05) is 18.7 Å². The first-order chi connectivity index (χ1) is 12.3. The highest BCUT2D eigenvalue weighted by Gasteiger charge is 2.15. The first-order valence-electron chi connectivity index (χ1n) is 8.32. The van der Waals surface area contributed by atoms with E-state index in [1.54, 1.807) is 7.11 Å². The number of benzene rings is 2. The van der Waals surface area contributed by atoms with Gasteiger partial charge in [0.1, 0.15) is 5.75 Å². The highest BCUT2D eigenvalue weighted by atomic mass is 32.2. The minimum atomic E-state index is -3.55. The van der Waals surface area contributed by atoms with Gasteiger partial charge < -0.3 is 10.1 Å². The molecule has 0 saturated carbocycles. The van der Waals surface area contributed by atoms with Crippen molar-refractivity contribution in [1.82, 2.24) is 10.0 Å². The van der Waals surface area contributed by atoms with Crippen molar-refractivity contribution >= 4 is 15.9 Å². The van der Waals surface area contributed by atoms with Crippen LogP contribution in [0.5, 0.6) is 5.75 Å². The predicted molar refractivity (Wildman–Crippen MR) is 101 cm³/mol. The second-order valence-corrected chi connectivity index (χ2v) is 8.07. The van der Waals surface area contributed by atoms with Crippen LogP contribution in [0, 0.1) is 5.92 Å². The van der Waals surface area contributed by atoms with Crippen molar-refractivity contribution in [2.45, 2.75) is 25.3 Å². The number of sulfonamides is 1. The van der Waals surface area contributed by atoms with Crippen LogP contribution >= 0.6 is 0 Å². The number of amides is 1. The van der Waals surface area contributed by atoms with Gasteiger partial charge in [-0.2, -0.15) is 0 Å². The average molecular weight is 376 g/mol. The Labute approximate surface area is 154 Å². The molecule has 140 valence electrons. The normalized spacial score (nSPS) is 11.4. The van der Waals surface area contributed by atoms with E-state index in [1.807, 2.05) is 38.1 Å². The molecule has 7 heteroatoms. The molecule has 0 aliphatic heterocycles. The Bertz CT molecular complexity index is 829. The molecule has 1 amide bonds. The van der Waals surface area contributed by atoms with Crippen LogP contribution in [0.1, 0.15) is 29.8 Å². The standard InChI is InChI=1S/C19H24N2O4S/c1-14(2)12-21-26(23,24)18-10-6-16(7-11-18)19(22)20-13-15-4-8-17(25-3)9-5-15/h4-11,14,21H,12-13H2,1-3H3,(H,20,22). The molecule has 26 heavy (non-hydrogen) atoms. The summed E-state index contributed by atoms with van der Waals surface area (Å²) >= 11 is 0. The van der Waals surface area contributed by atoms with Crippen LogP contribution in [0.2, 0.25) is 0 Å². The van der Waals surface area contributed by atoms with Crippen LogP contribution in [0.15, 0.2) is 53.4 Å². The van der Waals surface area contributed by atoms with Gasteiger partial charge in [0.15, 0.2) is 0 Å². The van der Waals surface area contributed by atoms with Crippen LogP contribution in [0.4, 0.5) is 0 Å². The van der Waals surface area contributed by atoms with Gasteiger partial charge in [0.25, 0.3) is 5.91 Å². The van der Waals surface area contributed by atoms with E-state index in [0.717, 1.165) is 11.3 Å². The fraction of sp³-hybridized carbons (Fsp3) is 0.316. The summed E-state index contributed by atoms with van der Waals surface area (Å²) in [7, 11) is -1.96. The van der Waals surface area contributed by atoms with E-state index in [1.165, 1.54) is 24.3 Å². The number of hydrogen-bond acceptors (Lipinski definition) is 4. The summed E-state index contributed by atoms with van der Waals surface area (Å²) in [6.07, 6.45) is 0. The van der Waals surface area contributed by atoms with Gasteiger partial charge in [-0.15, -0.1) is 0 Å². The van der Waals surface area contributed by atoms with E-state index >= 15 is 0 Å². The number of nitrogens with one attached hydrogen (secondary N) is 2. The van der Waals surface area contributed by atoms with Gasteiger partial charge in [0.2, 0.25) is 10.0 Å². The maximum Gasteiger partial charge on any atom is 0.251 e. The SMILES string of the molecule is COc1ccc(CNC(=O)c2ccc(S(=O)(=O)NCC(C)C)cc2)cc1. The van der Waals surface area contributed by atoms with Crippen LogP contribution in [-0.4, -0.2) is 28.0 Å². The van der Waals surface area contributed by atoms with Crippen LogP contribution < -0.4 is 14.8 Å². The zero-order chi connectivity index (χ0) is 19.2. The molecule has 0 saturated heterocycles. The maximum absolute atomic E-state index is 12.2. The molecule has 6 nitrogen and oxygen atoms in total. The second kappa shape index (κ2) is 8.82. The van der Waals surface area contributed by atoms with E-state index in [4.69, 9.17) is 4.74 Å². The smallest absolute Gasteiger partial charge is 0.251 e. The monoisotopic (exact) mass is 376 g/mol. The minimum absolute atomic E-state index is 0.143. The van der Waals surface area contributed by atoms with Crippen molar-refractivity contribution in [1.29, 1.82) is 0 Å². The molecule has 0 aliphatic carbocycles. The number of ether oxygens (including phenoxy) is 1. The van der Waals surface area contributed by atoms with E-state index in [-0.39, 0.29) is 16.7 Å². The first kappa shape index (κ1) is 19.9. The lowest BCUT2D eigenvalue weighted by molar-refractivity contribution is 0.0951. The molecule has 2 N–H and O–H groups in total. The predicted octanol–water partition coefficient (Wildman–Crippen LogP) is 2.56. The van der Waals surface area contributed by atoms with Gasteiger partial charge in [-0.3, -0.25) is 4.79 Å². The zero-order valence-electron chi connectivity index (χ0n) is 15.2. The minimum Gasteiger partial charge on any atom is -0.497 e. The van der Waals surface area contributed by atoms with Crippen molar-refractivity contribution < 1.29 is 17.9 Å². The first-order valence-corrected chi connectivity index (χ1v) is 9.81. The molecule has 0 aromatic heterocycles. The van der Waals surface area contributed by atoms with Gasteiger partial charge in [-0.05, 0) is 47.9 Å². The average Bonchev–Trinajstić information content (AvgIpc) is 2.65. The Balaban J connectivity index is 1.97. The van der Waals surface area contributed by atoms with Crippen LogP contribution in [-0.2, 0) is 16.6 Å². The van der Waals surface area contributed by atoms with Gasteiger partial charge in [-0.25, -0.2) is 13.1 Å². The van der Waals surface area contributed by atoms with Gasteiger partial charge >= 0.3 is 0 Å². The molecule has 0 fully saturated rings. The molecule has 2 aromatic carbocycles. The highest BCUT2D eigenvalue weighted by Crippen LogP contribution is 2.13. The third-order valence-electron chi connectivity index (χ3n) is 3.72. The Morgan fingerprint density at radius 3 is 2.19 bits per heavy atom. The van der Waals surface area contributed by atoms with E-state index in [9.17, 15) is 13.2 Å². The summed E-state index contributed by atoms with van der Waals surface area (Å²) in [6.45, 7) is 4.60. The van der Waals surface area contributed by atoms with Crippen molar-refractivity contribution in [3.63, 3.8) is 0 Å². The second-order valence-electron chi connectivity index (χ2n) is 6.30. The zero-order valence-corrected chi connectivity index (χ0v) is 16.0. The largest absolute Gasteiger partial charge is 0.497 e. The van der Waals surface area contributed by atoms with E-state index in [2.05, 4.69) is 10.0 Å². The molecule has 2 rings (SSSR count). The third kappa shape index (κ3) is 5.57. The number of methoxy groups -OCH3 is 1. The number of hydrogen-bond donors (Lipinski definition) is 2. The van der Waals surface area contributed by atoms with Crippen LogP contribution in [0.25, 0.3) is 0 Å². The summed E-state index contributed by atoms with van der Waals surface area (Å²) in [5, 5.41) is 2.81. The van der Waals surface area contributed by atoms with Crippen LogP contribution in [0.3, 0.4) is 0 Å². The topological polar surface area (TPSA) is 84.5 Å². The molecule has 0 bridgehead atoms. The van der Waals surface area contributed by atoms with Crippen molar-refractivity contribution in [2.75, 3.05) is 13.7 Å². The van der Waals surface area contributed by atoms with E-state index < -0.39 is 10.0 Å². The Kier molecular flexibility index (Phi) is 6.76. The maximum atomic E-state index is 12.2. The van der Waals surface area contributed by atoms with Crippen molar-refractivity contribution in [3.8, 4) is 5.75 Å². The highest BCUT2D eigenvalue weighted by molar-refractivity contribution is 7.89. The molecule has 0 atom stereocenters. The lowest BCUT2D eigenvalue weighted by Gasteiger charge is -2.10. The fourth-order valence-corrected chi connectivity index (χ4v) is 3.39. The lowest BCUT2D eigenvalue weighted by Crippen LogP contribution is -2.27. The van der Waals surface area contributed by atoms with Crippen molar-refractivity contribution in [3.05, 3.63) is 59.7 Å². The van der Waals surface area contributed by atoms with Gasteiger partial charge in [-0.1, -0.05) is 26.0 Å². The van der Waals surface area contributed by atoms with Crippen molar-refractivity contribution in [2.24, 2.45) is 5.92 Å². The number of rotatable bonds is 8. The Morgan fingerprint density at radius 2 is 1.65 bits per heavy atom. The van der Waals surface area contributed by atoms with Gasteiger partial charge in [0.05, 0.1) is 12.0 Å². The molecule has 0 spiro atoms. The Hall–Kier alpha value is -2.38. The molecule has 2 aromatic rings. The summed E-state index contributed by atoms with van der Waals surface area (Å²) in [6, 6.07) is 13.3. The number of carbonyl (C=O) groups excluding carboxylic acids is 1. The molecule has 0 aliphatic rings. The van der Waals surface area contributed by atoms with E-state index in [0.29, 0.717) is 18.7 Å².